The van der Waals surface area contributed by atoms with Gasteiger partial charge in [0.05, 0.1) is 29.8 Å². The van der Waals surface area contributed by atoms with Crippen LogP contribution in [0.2, 0.25) is 0 Å². The third kappa shape index (κ3) is 10.4. The third-order valence-electron chi connectivity index (χ3n) is 4.73. The number of carbonyl (C=O) groups excluding carboxylic acids is 2. The molecular weight excluding hydrogens is 505 g/mol. The van der Waals surface area contributed by atoms with Crippen molar-refractivity contribution in [2.24, 2.45) is 0 Å². The first-order valence-corrected chi connectivity index (χ1v) is 15.5. The topological polar surface area (TPSA) is 99.5 Å². The van der Waals surface area contributed by atoms with Crippen LogP contribution in [0.5, 0.6) is 0 Å². The molecule has 1 aromatic rings. The summed E-state index contributed by atoms with van der Waals surface area (Å²) in [6.07, 6.45) is 11.0. The molecule has 1 atom stereocenters. The number of aldehydes is 1. The number of imidazole rings is 1. The summed E-state index contributed by atoms with van der Waals surface area (Å²) >= 11 is 4.06. The zero-order chi connectivity index (χ0) is 22.9. The summed E-state index contributed by atoms with van der Waals surface area (Å²) in [5.41, 5.74) is -1.00. The van der Waals surface area contributed by atoms with E-state index in [4.69, 9.17) is 8.92 Å². The van der Waals surface area contributed by atoms with Crippen LogP contribution < -0.4 is 5.32 Å². The lowest BCUT2D eigenvalue weighted by Crippen LogP contribution is -2.33. The number of halogens is 1. The van der Waals surface area contributed by atoms with E-state index in [0.29, 0.717) is 31.0 Å². The van der Waals surface area contributed by atoms with Gasteiger partial charge in [-0.25, -0.2) is 9.78 Å². The number of rotatable bonds is 10. The minimum absolute atomic E-state index is 0.131. The number of allylic oxidation sites excluding steroid dienone is 1. The molecule has 8 nitrogen and oxygen atoms in total. The molecule has 1 aromatic heterocycles. The van der Waals surface area contributed by atoms with Crippen LogP contribution in [-0.4, -0.2) is 40.2 Å². The largest absolute Gasteiger partial charge is 0.444 e. The van der Waals surface area contributed by atoms with Crippen molar-refractivity contribution in [3.8, 4) is 0 Å². The minimum atomic E-state index is -1.85. The number of carbonyl (C=O) groups is 2. The Morgan fingerprint density at radius 1 is 1.39 bits per heavy atom. The van der Waals surface area contributed by atoms with Gasteiger partial charge in [0, 0.05) is 18.8 Å². The molecule has 1 aliphatic carbocycles. The van der Waals surface area contributed by atoms with Gasteiger partial charge in [0.2, 0.25) is 5.71 Å². The zero-order valence-corrected chi connectivity index (χ0v) is 21.5. The molecule has 174 valence electrons. The Bertz CT molecular complexity index is 788. The summed E-state index contributed by atoms with van der Waals surface area (Å²) in [4.78, 5) is 27.5. The fraction of sp³-hybridized carbons (Fsp3) is 0.650. The molecule has 1 heterocycles. The number of alkyl carbamates (subject to hydrolysis) is 1. The molecule has 2 rings (SSSR count). The van der Waals surface area contributed by atoms with Crippen LogP contribution in [0.3, 0.4) is 0 Å². The lowest BCUT2D eigenvalue weighted by Gasteiger charge is -2.28. The molecule has 1 aliphatic rings. The molecule has 0 bridgehead atoms. The molecule has 1 unspecified atom stereocenters. The van der Waals surface area contributed by atoms with Gasteiger partial charge in [-0.1, -0.05) is 0 Å². The number of nitrogens with one attached hydrogen (secondary N) is 1. The molecule has 0 spiro atoms. The number of ether oxygens (including phenoxy) is 1. The lowest BCUT2D eigenvalue weighted by molar-refractivity contribution is -0.105. The molecule has 0 radical (unpaired) electrons. The van der Waals surface area contributed by atoms with E-state index < -0.39 is 17.4 Å². The second-order valence-electron chi connectivity index (χ2n) is 8.46. The standard InChI is InChI=1S/C20H31BrN3O5PS/c1-20(2,3)28-19(26)22-10-4-5-15(13-25)11-16-12-24(14-23-16)17-6-8-18(9-7-17)29-31-30(21)27/h11-14,17-18,30H,4-10H2,1-3H3,(H,22,26)/b15-11+. The van der Waals surface area contributed by atoms with Gasteiger partial charge < -0.3 is 23.4 Å². The van der Waals surface area contributed by atoms with Crippen molar-refractivity contribution < 1.29 is 23.1 Å². The van der Waals surface area contributed by atoms with Crippen molar-refractivity contribution in [3.05, 3.63) is 23.8 Å². The highest BCUT2D eigenvalue weighted by molar-refractivity contribution is 9.45. The summed E-state index contributed by atoms with van der Waals surface area (Å²) in [7, 11) is 0. The van der Waals surface area contributed by atoms with E-state index in [1.807, 2.05) is 27.0 Å². The van der Waals surface area contributed by atoms with Gasteiger partial charge in [0.1, 0.15) is 11.9 Å². The van der Waals surface area contributed by atoms with E-state index in [1.165, 1.54) is 0 Å². The molecule has 1 saturated carbocycles. The maximum Gasteiger partial charge on any atom is 0.407 e. The van der Waals surface area contributed by atoms with Gasteiger partial charge in [-0.05, 0) is 86.4 Å². The number of hydrogen-bond acceptors (Lipinski definition) is 7. The van der Waals surface area contributed by atoms with Crippen molar-refractivity contribution in [2.75, 3.05) is 6.54 Å². The van der Waals surface area contributed by atoms with Crippen LogP contribution >= 0.6 is 32.9 Å². The van der Waals surface area contributed by atoms with Crippen molar-refractivity contribution in [1.82, 2.24) is 14.9 Å². The number of aromatic nitrogens is 2. The van der Waals surface area contributed by atoms with Crippen LogP contribution in [0.15, 0.2) is 18.1 Å². The van der Waals surface area contributed by atoms with E-state index in [2.05, 4.69) is 30.4 Å². The first kappa shape index (κ1) is 26.2. The molecular formula is C20H31BrN3O5PS. The van der Waals surface area contributed by atoms with Crippen molar-refractivity contribution >= 4 is 51.3 Å². The van der Waals surface area contributed by atoms with Crippen molar-refractivity contribution in [3.63, 3.8) is 0 Å². The second kappa shape index (κ2) is 12.8. The van der Waals surface area contributed by atoms with Crippen LogP contribution in [0.4, 0.5) is 4.79 Å². The summed E-state index contributed by atoms with van der Waals surface area (Å²) < 4.78 is 24.0. The van der Waals surface area contributed by atoms with E-state index in [0.717, 1.165) is 49.3 Å². The van der Waals surface area contributed by atoms with Crippen LogP contribution in [0.25, 0.3) is 6.08 Å². The smallest absolute Gasteiger partial charge is 0.407 e. The van der Waals surface area contributed by atoms with E-state index in [1.54, 1.807) is 12.4 Å². The average molecular weight is 536 g/mol. The lowest BCUT2D eigenvalue weighted by atomic mass is 9.93. The zero-order valence-electron chi connectivity index (χ0n) is 18.1. The Morgan fingerprint density at radius 2 is 2.10 bits per heavy atom. The number of amides is 1. The van der Waals surface area contributed by atoms with E-state index in [-0.39, 0.29) is 6.10 Å². The molecule has 11 heteroatoms. The monoisotopic (exact) mass is 535 g/mol. The maximum atomic E-state index is 11.6. The Hall–Kier alpha value is -1.09. The molecule has 0 aromatic carbocycles. The summed E-state index contributed by atoms with van der Waals surface area (Å²) in [5.74, 6) is 0. The highest BCUT2D eigenvalue weighted by Gasteiger charge is 2.23. The maximum absolute atomic E-state index is 11.6. The Morgan fingerprint density at radius 3 is 2.71 bits per heavy atom. The van der Waals surface area contributed by atoms with E-state index in [9.17, 15) is 14.2 Å². The molecule has 0 aliphatic heterocycles. The summed E-state index contributed by atoms with van der Waals surface area (Å²) in [6, 6.07) is 0.346. The highest BCUT2D eigenvalue weighted by atomic mass is 79.9. The van der Waals surface area contributed by atoms with Crippen LogP contribution in [0.1, 0.15) is 71.0 Å². The van der Waals surface area contributed by atoms with Gasteiger partial charge in [-0.3, -0.25) is 4.79 Å². The van der Waals surface area contributed by atoms with Gasteiger partial charge in [-0.15, -0.1) is 0 Å². The first-order chi connectivity index (χ1) is 14.7. The van der Waals surface area contributed by atoms with Gasteiger partial charge in [-0.2, -0.15) is 0 Å². The molecule has 1 amide bonds. The Kier molecular flexibility index (Phi) is 10.8. The molecule has 1 fully saturated rings. The van der Waals surface area contributed by atoms with Crippen molar-refractivity contribution in [1.29, 1.82) is 0 Å². The van der Waals surface area contributed by atoms with Gasteiger partial charge in [0.25, 0.3) is 0 Å². The van der Waals surface area contributed by atoms with Crippen LogP contribution in [-0.2, 0) is 18.3 Å². The third-order valence-corrected chi connectivity index (χ3v) is 7.10. The predicted molar refractivity (Wildman–Crippen MR) is 128 cm³/mol. The Labute approximate surface area is 196 Å². The average Bonchev–Trinajstić information content (AvgIpc) is 3.16. The molecule has 1 N–H and O–H groups in total. The number of nitrogens with zero attached hydrogens (tertiary/aromatic N) is 2. The predicted octanol–water partition coefficient (Wildman–Crippen LogP) is 5.70. The van der Waals surface area contributed by atoms with Crippen molar-refractivity contribution in [2.45, 2.75) is 77.0 Å². The molecule has 0 saturated heterocycles. The normalized spacial score (nSPS) is 20.8. The molecule has 31 heavy (non-hydrogen) atoms. The first-order valence-electron chi connectivity index (χ1n) is 10.3. The quantitative estimate of drug-likeness (QED) is 0.135. The highest BCUT2D eigenvalue weighted by Crippen LogP contribution is 2.47. The fourth-order valence-electron chi connectivity index (χ4n) is 3.32. The van der Waals surface area contributed by atoms with Crippen LogP contribution in [0, 0.1) is 0 Å². The second-order valence-corrected chi connectivity index (χ2v) is 14.6. The SMILES string of the molecule is CC(C)(C)OC(=O)NCCC/C(C=O)=C\c1cn(C2CCC(OS[PH](=O)Br)CC2)cn1. The Balaban J connectivity index is 1.78. The summed E-state index contributed by atoms with van der Waals surface area (Å²) in [6.45, 7) is 5.87. The van der Waals surface area contributed by atoms with Gasteiger partial charge in [0.15, 0.2) is 0 Å². The fourth-order valence-corrected chi connectivity index (χ4v) is 5.05. The number of hydrogen-bond donors (Lipinski definition) is 1. The van der Waals surface area contributed by atoms with Gasteiger partial charge >= 0.3 is 6.09 Å². The van der Waals surface area contributed by atoms with E-state index >= 15 is 0 Å². The summed E-state index contributed by atoms with van der Waals surface area (Å²) in [5, 5.41) is 2.69. The minimum Gasteiger partial charge on any atom is -0.444 e.